The highest BCUT2D eigenvalue weighted by molar-refractivity contribution is 5.78. The average Bonchev–Trinajstić information content (AvgIpc) is 3.18. The van der Waals surface area contributed by atoms with Crippen LogP contribution in [0.1, 0.15) is 12.8 Å². The third kappa shape index (κ3) is 3.46. The summed E-state index contributed by atoms with van der Waals surface area (Å²) in [5, 5.41) is 0. The molecule has 92 valence electrons. The van der Waals surface area contributed by atoms with Crippen LogP contribution in [0.5, 0.6) is 5.75 Å². The van der Waals surface area contributed by atoms with Crippen LogP contribution in [0.15, 0.2) is 30.3 Å². The predicted octanol–water partition coefficient (Wildman–Crippen LogP) is 1.02. The summed E-state index contributed by atoms with van der Waals surface area (Å²) in [6, 6.07) is 9.77. The maximum atomic E-state index is 11.9. The average molecular weight is 234 g/mol. The Morgan fingerprint density at radius 1 is 1.35 bits per heavy atom. The molecule has 0 heterocycles. The van der Waals surface area contributed by atoms with Gasteiger partial charge in [-0.2, -0.15) is 0 Å². The molecule has 0 spiro atoms. The zero-order valence-corrected chi connectivity index (χ0v) is 9.84. The van der Waals surface area contributed by atoms with Crippen LogP contribution in [0.2, 0.25) is 0 Å². The predicted molar refractivity (Wildman–Crippen MR) is 65.7 cm³/mol. The molecule has 0 saturated heterocycles. The summed E-state index contributed by atoms with van der Waals surface area (Å²) >= 11 is 0. The summed E-state index contributed by atoms with van der Waals surface area (Å²) in [5.41, 5.74) is 5.51. The number of carbonyl (C=O) groups is 1. The minimum Gasteiger partial charge on any atom is -0.484 e. The number of nitrogens with two attached hydrogens (primary N) is 1. The molecule has 0 atom stereocenters. The molecule has 17 heavy (non-hydrogen) atoms. The fraction of sp³-hybridized carbons (Fsp3) is 0.462. The van der Waals surface area contributed by atoms with E-state index in [1.165, 1.54) is 0 Å². The van der Waals surface area contributed by atoms with Crippen molar-refractivity contribution in [3.63, 3.8) is 0 Å². The van der Waals surface area contributed by atoms with Crippen molar-refractivity contribution < 1.29 is 9.53 Å². The lowest BCUT2D eigenvalue weighted by molar-refractivity contribution is -0.133. The van der Waals surface area contributed by atoms with Crippen molar-refractivity contribution in [1.82, 2.24) is 4.90 Å². The number of carbonyl (C=O) groups excluding carboxylic acids is 1. The molecule has 1 aliphatic rings. The van der Waals surface area contributed by atoms with Crippen LogP contribution in [0.4, 0.5) is 0 Å². The first kappa shape index (κ1) is 11.9. The number of hydrogen-bond donors (Lipinski definition) is 1. The fourth-order valence-electron chi connectivity index (χ4n) is 1.78. The summed E-state index contributed by atoms with van der Waals surface area (Å²) in [6.07, 6.45) is 2.19. The number of ether oxygens (including phenoxy) is 1. The molecule has 4 heteroatoms. The lowest BCUT2D eigenvalue weighted by Gasteiger charge is -2.21. The van der Waals surface area contributed by atoms with Gasteiger partial charge < -0.3 is 15.4 Å². The fourth-order valence-corrected chi connectivity index (χ4v) is 1.78. The second kappa shape index (κ2) is 5.68. The van der Waals surface area contributed by atoms with Gasteiger partial charge in [0, 0.05) is 19.1 Å². The summed E-state index contributed by atoms with van der Waals surface area (Å²) in [7, 11) is 0. The Morgan fingerprint density at radius 3 is 2.65 bits per heavy atom. The largest absolute Gasteiger partial charge is 0.484 e. The second-order valence-corrected chi connectivity index (χ2v) is 4.21. The van der Waals surface area contributed by atoms with Gasteiger partial charge in [-0.3, -0.25) is 4.79 Å². The zero-order chi connectivity index (χ0) is 12.1. The van der Waals surface area contributed by atoms with Crippen LogP contribution in [-0.4, -0.2) is 36.5 Å². The van der Waals surface area contributed by atoms with Gasteiger partial charge >= 0.3 is 0 Å². The van der Waals surface area contributed by atoms with Crippen LogP contribution >= 0.6 is 0 Å². The first-order valence-corrected chi connectivity index (χ1v) is 5.98. The minimum atomic E-state index is 0.0294. The molecule has 0 unspecified atom stereocenters. The molecular formula is C13H18N2O2. The third-order valence-corrected chi connectivity index (χ3v) is 2.78. The van der Waals surface area contributed by atoms with Gasteiger partial charge in [0.05, 0.1) is 0 Å². The van der Waals surface area contributed by atoms with E-state index in [1.54, 1.807) is 0 Å². The summed E-state index contributed by atoms with van der Waals surface area (Å²) in [5.74, 6) is 0.756. The van der Waals surface area contributed by atoms with Crippen molar-refractivity contribution in [2.24, 2.45) is 5.73 Å². The molecule has 0 bridgehead atoms. The molecule has 1 fully saturated rings. The Morgan fingerprint density at radius 2 is 2.06 bits per heavy atom. The number of hydrogen-bond acceptors (Lipinski definition) is 3. The van der Waals surface area contributed by atoms with Crippen molar-refractivity contribution in [2.75, 3.05) is 19.7 Å². The van der Waals surface area contributed by atoms with E-state index in [-0.39, 0.29) is 12.5 Å². The molecule has 4 nitrogen and oxygen atoms in total. The number of rotatable bonds is 6. The molecular weight excluding hydrogens is 216 g/mol. The molecule has 0 aliphatic heterocycles. The lowest BCUT2D eigenvalue weighted by Crippen LogP contribution is -2.40. The first-order valence-electron chi connectivity index (χ1n) is 5.98. The number of nitrogens with zero attached hydrogens (tertiary/aromatic N) is 1. The van der Waals surface area contributed by atoms with Crippen molar-refractivity contribution in [3.8, 4) is 5.75 Å². The minimum absolute atomic E-state index is 0.0294. The van der Waals surface area contributed by atoms with Gasteiger partial charge in [-0.05, 0) is 25.0 Å². The molecule has 1 aliphatic carbocycles. The maximum Gasteiger partial charge on any atom is 0.260 e. The van der Waals surface area contributed by atoms with E-state index in [4.69, 9.17) is 10.5 Å². The van der Waals surface area contributed by atoms with Gasteiger partial charge in [-0.15, -0.1) is 0 Å². The number of amides is 1. The van der Waals surface area contributed by atoms with Crippen LogP contribution in [-0.2, 0) is 4.79 Å². The first-order chi connectivity index (χ1) is 8.31. The van der Waals surface area contributed by atoms with E-state index < -0.39 is 0 Å². The van der Waals surface area contributed by atoms with E-state index in [0.717, 1.165) is 18.6 Å². The van der Waals surface area contributed by atoms with E-state index in [9.17, 15) is 4.79 Å². The van der Waals surface area contributed by atoms with Gasteiger partial charge in [0.1, 0.15) is 5.75 Å². The van der Waals surface area contributed by atoms with E-state index in [1.807, 2.05) is 35.2 Å². The van der Waals surface area contributed by atoms with Gasteiger partial charge in [0.2, 0.25) is 0 Å². The molecule has 1 aromatic carbocycles. The van der Waals surface area contributed by atoms with E-state index in [2.05, 4.69) is 0 Å². The summed E-state index contributed by atoms with van der Waals surface area (Å²) < 4.78 is 5.44. The monoisotopic (exact) mass is 234 g/mol. The Kier molecular flexibility index (Phi) is 3.98. The number of benzene rings is 1. The molecule has 1 saturated carbocycles. The molecule has 2 rings (SSSR count). The lowest BCUT2D eigenvalue weighted by atomic mass is 10.3. The zero-order valence-electron chi connectivity index (χ0n) is 9.84. The standard InChI is InChI=1S/C13H18N2O2/c14-8-9-15(11-6-7-11)13(16)10-17-12-4-2-1-3-5-12/h1-5,11H,6-10,14H2. The van der Waals surface area contributed by atoms with Gasteiger partial charge in [0.25, 0.3) is 5.91 Å². The smallest absolute Gasteiger partial charge is 0.260 e. The van der Waals surface area contributed by atoms with Crippen molar-refractivity contribution >= 4 is 5.91 Å². The third-order valence-electron chi connectivity index (χ3n) is 2.78. The van der Waals surface area contributed by atoms with Gasteiger partial charge in [-0.25, -0.2) is 0 Å². The van der Waals surface area contributed by atoms with E-state index in [0.29, 0.717) is 19.1 Å². The van der Waals surface area contributed by atoms with Crippen LogP contribution in [0.25, 0.3) is 0 Å². The maximum absolute atomic E-state index is 11.9. The van der Waals surface area contributed by atoms with Crippen LogP contribution in [0, 0.1) is 0 Å². The molecule has 0 radical (unpaired) electrons. The summed E-state index contributed by atoms with van der Waals surface area (Å²) in [6.45, 7) is 1.23. The summed E-state index contributed by atoms with van der Waals surface area (Å²) in [4.78, 5) is 13.8. The Bertz CT molecular complexity index is 363. The molecule has 1 amide bonds. The van der Waals surface area contributed by atoms with Gasteiger partial charge in [0.15, 0.2) is 6.61 Å². The quantitative estimate of drug-likeness (QED) is 0.799. The van der Waals surface area contributed by atoms with Crippen molar-refractivity contribution in [2.45, 2.75) is 18.9 Å². The Labute approximate surface area is 101 Å². The normalized spacial score (nSPS) is 14.4. The SMILES string of the molecule is NCCN(C(=O)COc1ccccc1)C1CC1. The van der Waals surface area contributed by atoms with E-state index >= 15 is 0 Å². The Hall–Kier alpha value is -1.55. The Balaban J connectivity index is 1.83. The molecule has 0 aromatic heterocycles. The number of para-hydroxylation sites is 1. The topological polar surface area (TPSA) is 55.6 Å². The highest BCUT2D eigenvalue weighted by Crippen LogP contribution is 2.26. The molecule has 1 aromatic rings. The highest BCUT2D eigenvalue weighted by Gasteiger charge is 2.31. The second-order valence-electron chi connectivity index (χ2n) is 4.21. The van der Waals surface area contributed by atoms with Crippen LogP contribution in [0.3, 0.4) is 0 Å². The molecule has 2 N–H and O–H groups in total. The van der Waals surface area contributed by atoms with Crippen molar-refractivity contribution in [1.29, 1.82) is 0 Å². The highest BCUT2D eigenvalue weighted by atomic mass is 16.5. The van der Waals surface area contributed by atoms with Crippen LogP contribution < -0.4 is 10.5 Å². The van der Waals surface area contributed by atoms with Crippen molar-refractivity contribution in [3.05, 3.63) is 30.3 Å². The van der Waals surface area contributed by atoms with Gasteiger partial charge in [-0.1, -0.05) is 18.2 Å².